The molecule has 40 heavy (non-hydrogen) atoms. The van der Waals surface area contributed by atoms with Crippen molar-refractivity contribution < 1.29 is 55.1 Å². The lowest BCUT2D eigenvalue weighted by Crippen LogP contribution is -2.56. The largest absolute Gasteiger partial charge is 0.398 e. The molecule has 0 spiro atoms. The highest BCUT2D eigenvalue weighted by atomic mass is 16.6. The average molecular weight is 586 g/mol. The number of aliphatic hydroxyl groups is 8. The predicted molar refractivity (Wildman–Crippen MR) is 147 cm³/mol. The average Bonchev–Trinajstić information content (AvgIpc) is 2.83. The molecule has 10 atom stereocenters. The van der Waals surface area contributed by atoms with E-state index >= 15 is 0 Å². The molecule has 0 aliphatic carbocycles. The van der Waals surface area contributed by atoms with E-state index in [1.54, 1.807) is 20.8 Å². The molecule has 0 heterocycles. The van der Waals surface area contributed by atoms with Crippen LogP contribution in [0.15, 0.2) is 11.8 Å². The maximum absolute atomic E-state index is 10.8. The van der Waals surface area contributed by atoms with E-state index in [1.165, 1.54) is 6.08 Å². The molecule has 10 unspecified atom stereocenters. The van der Waals surface area contributed by atoms with Gasteiger partial charge in [0.25, 0.3) is 0 Å². The van der Waals surface area contributed by atoms with Crippen molar-refractivity contribution in [3.8, 4) is 0 Å². The first kappa shape index (κ1) is 39.0. The van der Waals surface area contributed by atoms with Crippen molar-refractivity contribution in [2.45, 2.75) is 122 Å². The summed E-state index contributed by atoms with van der Waals surface area (Å²) in [7, 11) is 0. The van der Waals surface area contributed by atoms with Crippen LogP contribution in [0.2, 0.25) is 0 Å². The molecule has 0 aliphatic heterocycles. The lowest BCUT2D eigenvalue weighted by atomic mass is 9.73. The number of hydrogen-bond acceptors (Lipinski definition) is 14. The Morgan fingerprint density at radius 3 is 1.65 bits per heavy atom. The van der Waals surface area contributed by atoms with Crippen LogP contribution in [0, 0.1) is 11.3 Å². The molecule has 0 saturated carbocycles. The van der Waals surface area contributed by atoms with E-state index in [9.17, 15) is 40.9 Å². The molecule has 0 aliphatic rings. The number of aliphatic hydroxyl groups excluding tert-OH is 8. The van der Waals surface area contributed by atoms with Crippen LogP contribution < -0.4 is 17.2 Å². The Balaban J connectivity index is 5.55. The van der Waals surface area contributed by atoms with E-state index in [-0.39, 0.29) is 38.2 Å². The molecule has 0 saturated heterocycles. The van der Waals surface area contributed by atoms with Gasteiger partial charge in [-0.1, -0.05) is 20.8 Å². The maximum Gasteiger partial charge on any atom is 0.196 e. The molecule has 240 valence electrons. The molecular weight excluding hydrogens is 530 g/mol. The Bertz CT molecular complexity index is 717. The smallest absolute Gasteiger partial charge is 0.196 e. The zero-order valence-electron chi connectivity index (χ0n) is 24.6. The van der Waals surface area contributed by atoms with Crippen molar-refractivity contribution >= 4 is 0 Å². The van der Waals surface area contributed by atoms with Gasteiger partial charge in [0.1, 0.15) is 6.10 Å². The van der Waals surface area contributed by atoms with Gasteiger partial charge >= 0.3 is 0 Å². The van der Waals surface area contributed by atoms with E-state index in [4.69, 9.17) is 31.4 Å². The third-order valence-corrected chi connectivity index (χ3v) is 6.38. The number of ether oxygens (including phenoxy) is 3. The second-order valence-electron chi connectivity index (χ2n) is 12.0. The summed E-state index contributed by atoms with van der Waals surface area (Å²) in [6, 6.07) is -2.88. The molecule has 0 rings (SSSR count). The van der Waals surface area contributed by atoms with Gasteiger partial charge in [-0.05, 0) is 51.0 Å². The van der Waals surface area contributed by atoms with Crippen molar-refractivity contribution in [1.29, 1.82) is 0 Å². The monoisotopic (exact) mass is 585 g/mol. The second-order valence-corrected chi connectivity index (χ2v) is 12.0. The van der Waals surface area contributed by atoms with E-state index in [0.29, 0.717) is 0 Å². The van der Waals surface area contributed by atoms with Crippen LogP contribution in [0.25, 0.3) is 0 Å². The van der Waals surface area contributed by atoms with Gasteiger partial charge in [0, 0.05) is 26.2 Å². The topological polar surface area (TPSA) is 268 Å². The summed E-state index contributed by atoms with van der Waals surface area (Å²) in [6.07, 6.45) is -9.29. The highest BCUT2D eigenvalue weighted by Crippen LogP contribution is 2.33. The second kappa shape index (κ2) is 17.9. The van der Waals surface area contributed by atoms with Gasteiger partial charge in [0.05, 0.1) is 41.7 Å². The first-order chi connectivity index (χ1) is 18.3. The Hall–Kier alpha value is -0.980. The standard InChI is InChI=1S/C26H55N3O11/c1-25(2,3)15(8-11-31)20(33)18(28)24(37)39-17(9-12-32)21(34)19(29)23(36)38-14(7-10-30)13-16(27)22(35)40-26(4,5)6/h13-15,17-24,30-37H,7-12,27-29H2,1-6H3/b16-13-. The Kier molecular flexibility index (Phi) is 17.4. The van der Waals surface area contributed by atoms with Gasteiger partial charge in [-0.25, -0.2) is 0 Å². The summed E-state index contributed by atoms with van der Waals surface area (Å²) in [4.78, 5) is 0. The highest BCUT2D eigenvalue weighted by molar-refractivity contribution is 5.04. The molecule has 0 amide bonds. The van der Waals surface area contributed by atoms with Gasteiger partial charge in [0.2, 0.25) is 0 Å². The van der Waals surface area contributed by atoms with Gasteiger partial charge in [-0.3, -0.25) is 0 Å². The zero-order chi connectivity index (χ0) is 31.4. The Labute approximate surface area is 237 Å². The lowest BCUT2D eigenvalue weighted by Gasteiger charge is -2.39. The van der Waals surface area contributed by atoms with Crippen molar-refractivity contribution in [2.24, 2.45) is 28.5 Å². The van der Waals surface area contributed by atoms with Crippen LogP contribution in [-0.4, -0.2) is 122 Å². The van der Waals surface area contributed by atoms with E-state index in [0.717, 1.165) is 0 Å². The molecule has 0 aromatic heterocycles. The van der Waals surface area contributed by atoms with Gasteiger partial charge in [-0.2, -0.15) is 0 Å². The quantitative estimate of drug-likeness (QED) is 0.0703. The summed E-state index contributed by atoms with van der Waals surface area (Å²) in [5, 5.41) is 81.2. The molecular formula is C26H55N3O11. The highest BCUT2D eigenvalue weighted by Gasteiger charge is 2.40. The van der Waals surface area contributed by atoms with Gasteiger partial charge in [-0.15, -0.1) is 0 Å². The van der Waals surface area contributed by atoms with Crippen molar-refractivity contribution in [2.75, 3.05) is 19.8 Å². The Morgan fingerprint density at radius 2 is 1.20 bits per heavy atom. The SMILES string of the molecule is CC(C)(C)OC(O)/C(N)=C/C(CCO)OC(O)C(N)C(O)C(CCO)OC(O)C(N)C(O)C(CCO)C(C)(C)C. The summed E-state index contributed by atoms with van der Waals surface area (Å²) in [6.45, 7) is 9.62. The number of hydrogen-bond donors (Lipinski definition) is 11. The van der Waals surface area contributed by atoms with Crippen molar-refractivity contribution in [3.05, 3.63) is 11.8 Å². The number of nitrogens with two attached hydrogens (primary N) is 3. The van der Waals surface area contributed by atoms with Crippen LogP contribution >= 0.6 is 0 Å². The van der Waals surface area contributed by atoms with E-state index in [2.05, 4.69) is 0 Å². The van der Waals surface area contributed by atoms with Crippen LogP contribution in [0.5, 0.6) is 0 Å². The summed E-state index contributed by atoms with van der Waals surface area (Å²) in [5.41, 5.74) is 16.6. The third-order valence-electron chi connectivity index (χ3n) is 6.38. The zero-order valence-corrected chi connectivity index (χ0v) is 24.6. The van der Waals surface area contributed by atoms with Gasteiger partial charge in [0.15, 0.2) is 18.9 Å². The number of rotatable bonds is 19. The molecule has 0 radical (unpaired) electrons. The van der Waals surface area contributed by atoms with Crippen LogP contribution in [0.1, 0.15) is 60.8 Å². The minimum atomic E-state index is -1.84. The molecule has 0 aromatic rings. The maximum atomic E-state index is 10.8. The summed E-state index contributed by atoms with van der Waals surface area (Å²) < 4.78 is 16.3. The molecule has 0 aromatic carbocycles. The molecule has 14 heteroatoms. The molecule has 14 N–H and O–H groups in total. The fourth-order valence-electron chi connectivity index (χ4n) is 4.11. The third kappa shape index (κ3) is 13.8. The summed E-state index contributed by atoms with van der Waals surface area (Å²) >= 11 is 0. The first-order valence-corrected chi connectivity index (χ1v) is 13.5. The van der Waals surface area contributed by atoms with E-state index < -0.39 is 78.9 Å². The predicted octanol–water partition coefficient (Wildman–Crippen LogP) is -2.44. The molecule has 0 bridgehead atoms. The summed E-state index contributed by atoms with van der Waals surface area (Å²) in [5.74, 6) is -0.499. The molecule has 14 nitrogen and oxygen atoms in total. The minimum Gasteiger partial charge on any atom is -0.398 e. The fourth-order valence-corrected chi connectivity index (χ4v) is 4.11. The normalized spacial score (nSPS) is 21.1. The van der Waals surface area contributed by atoms with Crippen LogP contribution in [0.3, 0.4) is 0 Å². The van der Waals surface area contributed by atoms with Crippen molar-refractivity contribution in [1.82, 2.24) is 0 Å². The first-order valence-electron chi connectivity index (χ1n) is 13.5. The van der Waals surface area contributed by atoms with E-state index in [1.807, 2.05) is 20.8 Å². The Morgan fingerprint density at radius 1 is 0.725 bits per heavy atom. The minimum absolute atomic E-state index is 0.0480. The molecule has 0 fully saturated rings. The van der Waals surface area contributed by atoms with Gasteiger partial charge < -0.3 is 72.3 Å². The van der Waals surface area contributed by atoms with Crippen LogP contribution in [0.4, 0.5) is 0 Å². The fraction of sp³-hybridized carbons (Fsp3) is 0.923. The lowest BCUT2D eigenvalue weighted by molar-refractivity contribution is -0.214. The van der Waals surface area contributed by atoms with Crippen molar-refractivity contribution in [3.63, 3.8) is 0 Å². The van der Waals surface area contributed by atoms with Crippen LogP contribution in [-0.2, 0) is 14.2 Å².